The maximum atomic E-state index is 9.51. The molecule has 0 unspecified atom stereocenters. The molecule has 0 bridgehead atoms. The van der Waals surface area contributed by atoms with Crippen LogP contribution in [0.1, 0.15) is 30.5 Å². The average molecular weight is 405 g/mol. The smallest absolute Gasteiger partial charge is 0.0934 e. The lowest BCUT2D eigenvalue weighted by atomic mass is 9.97. The summed E-state index contributed by atoms with van der Waals surface area (Å²) in [6.45, 7) is 5.20. The van der Waals surface area contributed by atoms with Gasteiger partial charge in [0.25, 0.3) is 0 Å². The third kappa shape index (κ3) is 6.65. The van der Waals surface area contributed by atoms with Crippen LogP contribution in [0.15, 0.2) is 84.7 Å². The molecule has 4 rings (SSSR count). The van der Waals surface area contributed by atoms with Gasteiger partial charge in [0, 0.05) is 18.8 Å². The molecule has 158 valence electrons. The van der Waals surface area contributed by atoms with Gasteiger partial charge < -0.3 is 22.4 Å². The largest absolute Gasteiger partial charge is 0.398 e. The van der Waals surface area contributed by atoms with E-state index in [1.54, 1.807) is 12.2 Å². The molecule has 5 nitrogen and oxygen atoms in total. The molecule has 1 aliphatic heterocycles. The second-order valence-corrected chi connectivity index (χ2v) is 6.76. The van der Waals surface area contributed by atoms with Gasteiger partial charge in [-0.25, -0.2) is 0 Å². The molecule has 0 aromatic heterocycles. The molecule has 0 amide bonds. The number of rotatable bonds is 2. The molecular weight excluding hydrogens is 372 g/mol. The van der Waals surface area contributed by atoms with Gasteiger partial charge in [0.05, 0.1) is 5.82 Å². The van der Waals surface area contributed by atoms with Gasteiger partial charge in [-0.1, -0.05) is 74.5 Å². The molecule has 3 aromatic rings. The van der Waals surface area contributed by atoms with E-state index in [4.69, 9.17) is 17.2 Å². The number of hydrogen-bond donors (Lipinski definition) is 4. The molecule has 0 spiro atoms. The van der Waals surface area contributed by atoms with Crippen molar-refractivity contribution in [3.63, 3.8) is 0 Å². The molecule has 3 aromatic carbocycles. The number of fused-ring (bicyclic) bond motifs is 2. The molecule has 1 heterocycles. The van der Waals surface area contributed by atoms with E-state index in [-0.39, 0.29) is 5.82 Å². The Kier molecular flexibility index (Phi) is 8.94. The fourth-order valence-electron chi connectivity index (χ4n) is 3.14. The van der Waals surface area contributed by atoms with Gasteiger partial charge in [-0.15, -0.1) is 0 Å². The van der Waals surface area contributed by atoms with E-state index in [1.807, 2.05) is 32.0 Å². The number of nitrogens with two attached hydrogens (primary N) is 3. The molecule has 0 fully saturated rings. The third-order valence-electron chi connectivity index (χ3n) is 4.65. The van der Waals surface area contributed by atoms with E-state index in [9.17, 15) is 5.21 Å². The van der Waals surface area contributed by atoms with Crippen molar-refractivity contribution in [3.05, 3.63) is 101 Å². The van der Waals surface area contributed by atoms with Crippen LogP contribution in [0.25, 0.3) is 16.5 Å². The molecule has 0 radical (unpaired) electrons. The second kappa shape index (κ2) is 11.7. The van der Waals surface area contributed by atoms with Gasteiger partial charge >= 0.3 is 0 Å². The van der Waals surface area contributed by atoms with Crippen LogP contribution in [0.4, 0.5) is 0 Å². The highest BCUT2D eigenvalue weighted by atomic mass is 16.5. The first-order valence-corrected chi connectivity index (χ1v) is 10.2. The van der Waals surface area contributed by atoms with Crippen LogP contribution < -0.4 is 17.2 Å². The maximum absolute atomic E-state index is 9.51. The highest BCUT2D eigenvalue weighted by Gasteiger charge is 2.14. The fourth-order valence-corrected chi connectivity index (χ4v) is 3.14. The number of benzene rings is 3. The van der Waals surface area contributed by atoms with Crippen molar-refractivity contribution >= 4 is 16.5 Å². The molecule has 0 aliphatic carbocycles. The second-order valence-electron chi connectivity index (χ2n) is 6.76. The first kappa shape index (κ1) is 23.0. The minimum atomic E-state index is 0.220. The minimum Gasteiger partial charge on any atom is -0.398 e. The number of allylic oxidation sites excluding steroid dienone is 2. The van der Waals surface area contributed by atoms with E-state index >= 15 is 0 Å². The minimum absolute atomic E-state index is 0.220. The Labute approximate surface area is 179 Å². The van der Waals surface area contributed by atoms with Gasteiger partial charge in [-0.05, 0) is 52.1 Å². The molecular formula is C25H32N4O. The molecule has 0 atom stereocenters. The lowest BCUT2D eigenvalue weighted by Crippen LogP contribution is -2.27. The quantitative estimate of drug-likeness (QED) is 0.476. The van der Waals surface area contributed by atoms with Gasteiger partial charge in [-0.2, -0.15) is 5.06 Å². The van der Waals surface area contributed by atoms with Crippen molar-refractivity contribution in [1.29, 1.82) is 0 Å². The predicted molar refractivity (Wildman–Crippen MR) is 126 cm³/mol. The van der Waals surface area contributed by atoms with Gasteiger partial charge in [0.2, 0.25) is 0 Å². The van der Waals surface area contributed by atoms with E-state index < -0.39 is 0 Å². The normalized spacial score (nSPS) is 13.2. The zero-order valence-corrected chi connectivity index (χ0v) is 17.8. The molecule has 30 heavy (non-hydrogen) atoms. The monoisotopic (exact) mass is 404 g/mol. The van der Waals surface area contributed by atoms with Crippen molar-refractivity contribution in [2.75, 3.05) is 6.54 Å². The maximum Gasteiger partial charge on any atom is 0.0934 e. The Morgan fingerprint density at radius 3 is 1.93 bits per heavy atom. The summed E-state index contributed by atoms with van der Waals surface area (Å²) in [6, 6.07) is 22.7. The zero-order chi connectivity index (χ0) is 21.9. The highest BCUT2D eigenvalue weighted by Crippen LogP contribution is 2.21. The van der Waals surface area contributed by atoms with Gasteiger partial charge in [0.15, 0.2) is 0 Å². The zero-order valence-electron chi connectivity index (χ0n) is 17.8. The van der Waals surface area contributed by atoms with Crippen LogP contribution in [0, 0.1) is 0 Å². The van der Waals surface area contributed by atoms with Crippen LogP contribution in [-0.2, 0) is 13.0 Å². The van der Waals surface area contributed by atoms with Crippen molar-refractivity contribution in [2.45, 2.75) is 26.8 Å². The Hall–Kier alpha value is -3.28. The molecule has 0 saturated carbocycles. The van der Waals surface area contributed by atoms with Gasteiger partial charge in [0.1, 0.15) is 0 Å². The third-order valence-corrected chi connectivity index (χ3v) is 4.65. The molecule has 0 saturated heterocycles. The lowest BCUT2D eigenvalue weighted by molar-refractivity contribution is -0.103. The van der Waals surface area contributed by atoms with E-state index in [2.05, 4.69) is 48.5 Å². The summed E-state index contributed by atoms with van der Waals surface area (Å²) in [4.78, 5) is 0. The number of nitrogens with zero attached hydrogens (tertiary/aromatic N) is 1. The van der Waals surface area contributed by atoms with Crippen LogP contribution in [0.3, 0.4) is 0 Å². The van der Waals surface area contributed by atoms with Crippen molar-refractivity contribution in [1.82, 2.24) is 5.06 Å². The lowest BCUT2D eigenvalue weighted by Gasteiger charge is -2.23. The van der Waals surface area contributed by atoms with E-state index in [1.165, 1.54) is 21.4 Å². The standard InChI is InChI=1S/C13H18N4O.C10H8.C2H6/c14-12(3-4-13(15)16)10-2-1-9-5-6-17(18)8-11(9)7-10;1-2-6-10-8-4-3-7-9(10)5-1;1-2/h1-4,7,18H,5-6,8,14-16H2;1-8H;1-2H3/b12-3-;;. The van der Waals surface area contributed by atoms with E-state index in [0.29, 0.717) is 18.8 Å². The van der Waals surface area contributed by atoms with E-state index in [0.717, 1.165) is 17.5 Å². The Morgan fingerprint density at radius 1 is 0.833 bits per heavy atom. The highest BCUT2D eigenvalue weighted by molar-refractivity contribution is 5.82. The number of hydroxylamine groups is 2. The van der Waals surface area contributed by atoms with Crippen molar-refractivity contribution in [3.8, 4) is 0 Å². The molecule has 1 aliphatic rings. The Balaban J connectivity index is 0.000000224. The molecule has 5 heteroatoms. The van der Waals surface area contributed by atoms with Crippen LogP contribution in [-0.4, -0.2) is 16.8 Å². The predicted octanol–water partition coefficient (Wildman–Crippen LogP) is 4.36. The Bertz CT molecular complexity index is 941. The first-order chi connectivity index (χ1) is 14.5. The van der Waals surface area contributed by atoms with Crippen LogP contribution >= 0.6 is 0 Å². The van der Waals surface area contributed by atoms with Crippen molar-refractivity contribution < 1.29 is 5.21 Å². The first-order valence-electron chi connectivity index (χ1n) is 10.2. The SMILES string of the molecule is CC.NC(N)=C/C=C(\N)c1ccc2c(c1)CN(O)CC2.c1ccc2ccccc2c1. The summed E-state index contributed by atoms with van der Waals surface area (Å²) in [7, 11) is 0. The Morgan fingerprint density at radius 2 is 1.40 bits per heavy atom. The summed E-state index contributed by atoms with van der Waals surface area (Å²) in [5, 5.41) is 13.4. The topological polar surface area (TPSA) is 102 Å². The van der Waals surface area contributed by atoms with Crippen LogP contribution in [0.2, 0.25) is 0 Å². The fraction of sp³-hybridized carbons (Fsp3) is 0.200. The summed E-state index contributed by atoms with van der Waals surface area (Å²) in [6.07, 6.45) is 4.09. The summed E-state index contributed by atoms with van der Waals surface area (Å²) in [5.74, 6) is 0.220. The van der Waals surface area contributed by atoms with Crippen molar-refractivity contribution in [2.24, 2.45) is 17.2 Å². The summed E-state index contributed by atoms with van der Waals surface area (Å²) in [5.41, 5.74) is 20.5. The number of hydrogen-bond acceptors (Lipinski definition) is 5. The molecule has 7 N–H and O–H groups in total. The summed E-state index contributed by atoms with van der Waals surface area (Å²) >= 11 is 0. The summed E-state index contributed by atoms with van der Waals surface area (Å²) < 4.78 is 0. The average Bonchev–Trinajstić information content (AvgIpc) is 2.78. The van der Waals surface area contributed by atoms with Crippen LogP contribution in [0.5, 0.6) is 0 Å². The van der Waals surface area contributed by atoms with Gasteiger partial charge in [-0.3, -0.25) is 0 Å².